The molecule has 250 valence electrons. The van der Waals surface area contributed by atoms with E-state index in [1.807, 2.05) is 106 Å². The number of hydrogen-bond acceptors (Lipinski definition) is 6. The van der Waals surface area contributed by atoms with Crippen molar-refractivity contribution >= 4 is 23.8 Å². The number of thioether (sulfide) groups is 1. The SMILES string of the molecule is COc1ccc(C(SC[C@H](NC(=O)OCC2c3ccccc3-c3ccccc32)C(=O)OC(C)(C)C)(c2ccccc2)c2ccccc2)cc1. The third-order valence-electron chi connectivity index (χ3n) is 8.65. The van der Waals surface area contributed by atoms with Crippen molar-refractivity contribution in [2.24, 2.45) is 0 Å². The molecule has 49 heavy (non-hydrogen) atoms. The number of nitrogens with one attached hydrogen (secondary N) is 1. The molecule has 5 aromatic carbocycles. The minimum atomic E-state index is -0.995. The van der Waals surface area contributed by atoms with E-state index >= 15 is 0 Å². The smallest absolute Gasteiger partial charge is 0.407 e. The standard InChI is InChI=1S/C42H41NO5S/c1-41(2,3)48-39(44)38(43-40(45)47-27-37-35-21-13-11-19-33(35)34-20-12-14-22-36(34)37)28-49-42(29-15-7-5-8-16-29,30-17-9-6-10-18-30)31-23-25-32(46-4)26-24-31/h5-26,37-38H,27-28H2,1-4H3,(H,43,45)/t38-/m0/s1. The van der Waals surface area contributed by atoms with Crippen molar-refractivity contribution < 1.29 is 23.8 Å². The van der Waals surface area contributed by atoms with Gasteiger partial charge in [-0.05, 0) is 71.8 Å². The molecule has 0 saturated carbocycles. The molecule has 6 rings (SSSR count). The van der Waals surface area contributed by atoms with Gasteiger partial charge in [-0.3, -0.25) is 0 Å². The number of hydrogen-bond donors (Lipinski definition) is 1. The summed E-state index contributed by atoms with van der Waals surface area (Å²) in [6, 6.07) is 43.7. The minimum absolute atomic E-state index is 0.105. The lowest BCUT2D eigenvalue weighted by Crippen LogP contribution is -2.47. The molecule has 0 fully saturated rings. The van der Waals surface area contributed by atoms with Crippen LogP contribution >= 0.6 is 11.8 Å². The maximum atomic E-state index is 13.8. The van der Waals surface area contributed by atoms with Crippen LogP contribution in [0.25, 0.3) is 11.1 Å². The van der Waals surface area contributed by atoms with Crippen LogP contribution in [0.15, 0.2) is 133 Å². The lowest BCUT2D eigenvalue weighted by molar-refractivity contribution is -0.156. The summed E-state index contributed by atoms with van der Waals surface area (Å²) in [6.45, 7) is 5.59. The highest BCUT2D eigenvalue weighted by Crippen LogP contribution is 2.49. The van der Waals surface area contributed by atoms with Crippen molar-refractivity contribution in [2.45, 2.75) is 43.1 Å². The van der Waals surface area contributed by atoms with E-state index in [0.717, 1.165) is 44.7 Å². The number of fused-ring (bicyclic) bond motifs is 3. The first-order chi connectivity index (χ1) is 23.7. The van der Waals surface area contributed by atoms with E-state index in [0.29, 0.717) is 0 Å². The zero-order chi connectivity index (χ0) is 34.4. The van der Waals surface area contributed by atoms with Gasteiger partial charge < -0.3 is 19.5 Å². The number of esters is 1. The summed E-state index contributed by atoms with van der Waals surface area (Å²) in [5.41, 5.74) is 6.82. The fourth-order valence-electron chi connectivity index (χ4n) is 6.45. The predicted molar refractivity (Wildman–Crippen MR) is 196 cm³/mol. The Kier molecular flexibility index (Phi) is 10.1. The third kappa shape index (κ3) is 7.37. The number of amides is 1. The molecule has 0 radical (unpaired) electrons. The van der Waals surface area contributed by atoms with E-state index in [9.17, 15) is 9.59 Å². The highest BCUT2D eigenvalue weighted by molar-refractivity contribution is 8.00. The van der Waals surface area contributed by atoms with Gasteiger partial charge in [0.05, 0.1) is 11.9 Å². The van der Waals surface area contributed by atoms with Crippen molar-refractivity contribution in [2.75, 3.05) is 19.5 Å². The van der Waals surface area contributed by atoms with Crippen LogP contribution in [-0.2, 0) is 19.0 Å². The van der Waals surface area contributed by atoms with E-state index in [-0.39, 0.29) is 18.3 Å². The van der Waals surface area contributed by atoms with Crippen molar-refractivity contribution in [3.05, 3.63) is 161 Å². The summed E-state index contributed by atoms with van der Waals surface area (Å²) in [4.78, 5) is 27.3. The van der Waals surface area contributed by atoms with Gasteiger partial charge >= 0.3 is 12.1 Å². The van der Waals surface area contributed by atoms with Crippen LogP contribution in [0.3, 0.4) is 0 Å². The first-order valence-corrected chi connectivity index (χ1v) is 17.4. The Hall–Kier alpha value is -5.01. The summed E-state index contributed by atoms with van der Waals surface area (Å²) in [5, 5.41) is 2.88. The molecule has 1 amide bonds. The zero-order valence-electron chi connectivity index (χ0n) is 28.2. The van der Waals surface area contributed by atoms with Gasteiger partial charge in [-0.1, -0.05) is 121 Å². The average molecular weight is 672 g/mol. The monoisotopic (exact) mass is 671 g/mol. The molecule has 5 aromatic rings. The Morgan fingerprint density at radius 2 is 1.18 bits per heavy atom. The summed E-state index contributed by atoms with van der Waals surface area (Å²) >= 11 is 1.56. The Morgan fingerprint density at radius 1 is 0.694 bits per heavy atom. The van der Waals surface area contributed by atoms with Gasteiger partial charge in [0.2, 0.25) is 0 Å². The van der Waals surface area contributed by atoms with Gasteiger partial charge in [-0.15, -0.1) is 11.8 Å². The number of carbonyl (C=O) groups is 2. The molecular formula is C42H41NO5S. The Morgan fingerprint density at radius 3 is 1.69 bits per heavy atom. The number of alkyl carbamates (subject to hydrolysis) is 1. The van der Waals surface area contributed by atoms with Crippen molar-refractivity contribution in [3.63, 3.8) is 0 Å². The van der Waals surface area contributed by atoms with Gasteiger partial charge in [0.25, 0.3) is 0 Å². The summed E-state index contributed by atoms with van der Waals surface area (Å²) < 4.78 is 16.5. The van der Waals surface area contributed by atoms with Gasteiger partial charge in [0, 0.05) is 11.7 Å². The summed E-state index contributed by atoms with van der Waals surface area (Å²) in [7, 11) is 1.64. The topological polar surface area (TPSA) is 73.9 Å². The van der Waals surface area contributed by atoms with Crippen molar-refractivity contribution in [1.29, 1.82) is 0 Å². The normalized spacial score (nSPS) is 13.1. The molecule has 1 aliphatic carbocycles. The fraction of sp³-hybridized carbons (Fsp3) is 0.238. The Labute approximate surface area is 292 Å². The Balaban J connectivity index is 1.30. The average Bonchev–Trinajstić information content (AvgIpc) is 3.44. The molecule has 1 atom stereocenters. The molecule has 1 aliphatic rings. The Bertz CT molecular complexity index is 1800. The number of carbonyl (C=O) groups excluding carboxylic acids is 2. The van der Waals surface area contributed by atoms with E-state index in [4.69, 9.17) is 14.2 Å². The maximum Gasteiger partial charge on any atom is 0.407 e. The second-order valence-electron chi connectivity index (χ2n) is 13.0. The predicted octanol–water partition coefficient (Wildman–Crippen LogP) is 8.97. The first kappa shape index (κ1) is 33.9. The van der Waals surface area contributed by atoms with Crippen LogP contribution < -0.4 is 10.1 Å². The molecule has 0 aromatic heterocycles. The second-order valence-corrected chi connectivity index (χ2v) is 14.2. The van der Waals surface area contributed by atoms with E-state index in [1.54, 1.807) is 18.9 Å². The zero-order valence-corrected chi connectivity index (χ0v) is 29.0. The van der Waals surface area contributed by atoms with Crippen LogP contribution in [0.2, 0.25) is 0 Å². The van der Waals surface area contributed by atoms with Crippen LogP contribution in [0.1, 0.15) is 54.5 Å². The molecular weight excluding hydrogens is 631 g/mol. The van der Waals surface area contributed by atoms with E-state index in [1.165, 1.54) is 0 Å². The maximum absolute atomic E-state index is 13.8. The van der Waals surface area contributed by atoms with Crippen LogP contribution in [0, 0.1) is 0 Å². The number of benzene rings is 5. The van der Waals surface area contributed by atoms with Gasteiger partial charge in [-0.25, -0.2) is 9.59 Å². The minimum Gasteiger partial charge on any atom is -0.497 e. The van der Waals surface area contributed by atoms with Crippen molar-refractivity contribution in [3.8, 4) is 16.9 Å². The van der Waals surface area contributed by atoms with E-state index < -0.39 is 28.5 Å². The van der Waals surface area contributed by atoms with Crippen LogP contribution in [-0.4, -0.2) is 43.2 Å². The molecule has 1 N–H and O–H groups in total. The van der Waals surface area contributed by atoms with Crippen molar-refractivity contribution in [1.82, 2.24) is 5.32 Å². The third-order valence-corrected chi connectivity index (χ3v) is 10.3. The quantitative estimate of drug-likeness (QED) is 0.112. The second kappa shape index (κ2) is 14.6. The highest BCUT2D eigenvalue weighted by Gasteiger charge is 2.40. The molecule has 0 saturated heterocycles. The molecule has 0 unspecified atom stereocenters. The fourth-order valence-corrected chi connectivity index (χ4v) is 8.00. The molecule has 6 nitrogen and oxygen atoms in total. The molecule has 0 aliphatic heterocycles. The van der Waals surface area contributed by atoms with Crippen LogP contribution in [0.4, 0.5) is 4.79 Å². The van der Waals surface area contributed by atoms with Gasteiger partial charge in [0.1, 0.15) is 24.0 Å². The summed E-state index contributed by atoms with van der Waals surface area (Å²) in [6.07, 6.45) is -0.673. The number of rotatable bonds is 11. The highest BCUT2D eigenvalue weighted by atomic mass is 32.2. The van der Waals surface area contributed by atoms with Gasteiger partial charge in [-0.2, -0.15) is 0 Å². The largest absolute Gasteiger partial charge is 0.497 e. The van der Waals surface area contributed by atoms with Crippen LogP contribution in [0.5, 0.6) is 5.75 Å². The summed E-state index contributed by atoms with van der Waals surface area (Å²) in [5.74, 6) is 0.312. The lowest BCUT2D eigenvalue weighted by Gasteiger charge is -2.36. The number of methoxy groups -OCH3 is 1. The molecule has 0 bridgehead atoms. The van der Waals surface area contributed by atoms with Gasteiger partial charge in [0.15, 0.2) is 0 Å². The molecule has 0 heterocycles. The number of ether oxygens (including phenoxy) is 3. The first-order valence-electron chi connectivity index (χ1n) is 16.4. The lowest BCUT2D eigenvalue weighted by atomic mass is 9.84. The van der Waals surface area contributed by atoms with E-state index in [2.05, 4.69) is 53.8 Å². The molecule has 0 spiro atoms. The molecule has 7 heteroatoms.